The molecule has 4 aromatic rings. The van der Waals surface area contributed by atoms with Crippen molar-refractivity contribution in [3.05, 3.63) is 76.6 Å². The first-order valence-corrected chi connectivity index (χ1v) is 15.4. The first kappa shape index (κ1) is 31.3. The second kappa shape index (κ2) is 11.7. The molecule has 7 rings (SSSR count). The van der Waals surface area contributed by atoms with E-state index in [0.717, 1.165) is 32.0 Å². The number of carbonyl (C=O) groups excluding carboxylic acids is 1. The van der Waals surface area contributed by atoms with Crippen molar-refractivity contribution in [3.63, 3.8) is 0 Å². The molecule has 0 radical (unpaired) electrons. The highest BCUT2D eigenvalue weighted by molar-refractivity contribution is 6.10. The molecule has 244 valence electrons. The first-order valence-electron chi connectivity index (χ1n) is 15.4. The molecule has 1 saturated heterocycles. The van der Waals surface area contributed by atoms with Crippen LogP contribution in [0.2, 0.25) is 0 Å². The summed E-state index contributed by atoms with van der Waals surface area (Å²) in [6.07, 6.45) is -2.01. The summed E-state index contributed by atoms with van der Waals surface area (Å²) in [7, 11) is 1.76. The Morgan fingerprint density at radius 3 is 2.54 bits per heavy atom. The molecule has 3 aliphatic rings. The van der Waals surface area contributed by atoms with Crippen molar-refractivity contribution in [3.8, 4) is 34.7 Å². The van der Waals surface area contributed by atoms with E-state index in [1.54, 1.807) is 48.0 Å². The number of hydrogen-bond donors (Lipinski definition) is 2. The third kappa shape index (κ3) is 5.85. The maximum absolute atomic E-state index is 14.5. The van der Waals surface area contributed by atoms with Crippen molar-refractivity contribution in [2.75, 3.05) is 29.9 Å². The van der Waals surface area contributed by atoms with Gasteiger partial charge in [-0.1, -0.05) is 0 Å². The van der Waals surface area contributed by atoms with Gasteiger partial charge in [0.1, 0.15) is 18.0 Å². The van der Waals surface area contributed by atoms with Gasteiger partial charge >= 0.3 is 6.18 Å². The zero-order chi connectivity index (χ0) is 33.8. The van der Waals surface area contributed by atoms with Crippen LogP contribution in [0, 0.1) is 28.1 Å². The molecular weight excluding hydrogens is 623 g/mol. The molecule has 2 N–H and O–H groups in total. The van der Waals surface area contributed by atoms with Crippen molar-refractivity contribution in [1.82, 2.24) is 24.6 Å². The van der Waals surface area contributed by atoms with Gasteiger partial charge < -0.3 is 15.0 Å². The minimum absolute atomic E-state index is 0.0149. The monoisotopic (exact) mass is 653 g/mol. The number of nitrogens with zero attached hydrogens (tertiary/aromatic N) is 8. The van der Waals surface area contributed by atoms with E-state index in [0.29, 0.717) is 45.6 Å². The van der Waals surface area contributed by atoms with Crippen LogP contribution >= 0.6 is 0 Å². The Balaban J connectivity index is 1.30. The number of halogens is 3. The van der Waals surface area contributed by atoms with Crippen molar-refractivity contribution in [2.24, 2.45) is 12.5 Å². The molecule has 1 saturated carbocycles. The number of aliphatic hydroxyl groups is 1. The molecule has 1 amide bonds. The van der Waals surface area contributed by atoms with Crippen molar-refractivity contribution in [1.29, 1.82) is 10.5 Å². The van der Waals surface area contributed by atoms with Gasteiger partial charge in [0, 0.05) is 44.4 Å². The van der Waals surface area contributed by atoms with Crippen LogP contribution in [-0.4, -0.2) is 61.4 Å². The Hall–Kier alpha value is -5.31. The molecule has 2 aliphatic heterocycles. The lowest BCUT2D eigenvalue weighted by atomic mass is 9.94. The molecule has 0 unspecified atom stereocenters. The number of pyridine rings is 1. The predicted molar refractivity (Wildman–Crippen MR) is 168 cm³/mol. The molecule has 1 aliphatic carbocycles. The molecule has 48 heavy (non-hydrogen) atoms. The summed E-state index contributed by atoms with van der Waals surface area (Å²) in [5.41, 5.74) is 1.78. The van der Waals surface area contributed by atoms with Gasteiger partial charge in [-0.2, -0.15) is 23.7 Å². The summed E-state index contributed by atoms with van der Waals surface area (Å²) in [5.74, 6) is 0.163. The van der Waals surface area contributed by atoms with E-state index in [1.165, 1.54) is 11.2 Å². The number of nitriles is 2. The SMILES string of the molecule is Cn1cnnc1-c1ccc(C#N)cc1-c1cc(NC[C@@H](O)CC#N)nc(N2Cc3c(cc(CN4CC5(CC5)C4)cc3C(F)(F)F)C2=O)c1. The van der Waals surface area contributed by atoms with E-state index in [1.807, 2.05) is 6.07 Å². The summed E-state index contributed by atoms with van der Waals surface area (Å²) < 4.78 is 45.1. The molecule has 2 aromatic carbocycles. The lowest BCUT2D eigenvalue weighted by Crippen LogP contribution is -2.47. The summed E-state index contributed by atoms with van der Waals surface area (Å²) in [4.78, 5) is 21.9. The Morgan fingerprint density at radius 2 is 1.88 bits per heavy atom. The van der Waals surface area contributed by atoms with Crippen LogP contribution < -0.4 is 10.2 Å². The largest absolute Gasteiger partial charge is 0.416 e. The fourth-order valence-corrected chi connectivity index (χ4v) is 6.64. The van der Waals surface area contributed by atoms with Gasteiger partial charge in [0.15, 0.2) is 5.82 Å². The zero-order valence-corrected chi connectivity index (χ0v) is 25.9. The average molecular weight is 654 g/mol. The second-order valence-corrected chi connectivity index (χ2v) is 12.8. The average Bonchev–Trinajstić information content (AvgIpc) is 3.62. The zero-order valence-electron chi connectivity index (χ0n) is 25.9. The van der Waals surface area contributed by atoms with E-state index in [9.17, 15) is 28.3 Å². The number of likely N-dealkylation sites (tertiary alicyclic amines) is 1. The van der Waals surface area contributed by atoms with Gasteiger partial charge in [-0.3, -0.25) is 14.6 Å². The van der Waals surface area contributed by atoms with Crippen LogP contribution in [0.25, 0.3) is 22.5 Å². The Kier molecular flexibility index (Phi) is 7.65. The van der Waals surface area contributed by atoms with E-state index in [2.05, 4.69) is 31.5 Å². The molecule has 14 heteroatoms. The molecule has 4 heterocycles. The lowest BCUT2D eigenvalue weighted by Gasteiger charge is -2.40. The van der Waals surface area contributed by atoms with Gasteiger partial charge in [-0.05, 0) is 83.0 Å². The standard InChI is InChI=1S/C34H30F3N9O2/c1-44-19-41-43-31(44)24-3-2-20(13-39)8-25(24)22-11-29(40-14-23(47)4-7-38)42-30(12-22)46-16-27-26(32(46)48)9-21(10-28(27)34(35,36)37)15-45-17-33(18-45)5-6-33/h2-3,8-12,19,23,47H,4-6,14-18H2,1H3,(H,40,42)/t23-/m0/s1. The number of hydrogen-bond acceptors (Lipinski definition) is 9. The smallest absolute Gasteiger partial charge is 0.390 e. The Morgan fingerprint density at radius 1 is 1.08 bits per heavy atom. The molecule has 11 nitrogen and oxygen atoms in total. The summed E-state index contributed by atoms with van der Waals surface area (Å²) in [6, 6.07) is 15.0. The number of nitrogens with one attached hydrogen (secondary N) is 1. The highest BCUT2D eigenvalue weighted by atomic mass is 19.4. The van der Waals surface area contributed by atoms with Crippen LogP contribution in [0.15, 0.2) is 48.8 Å². The molecule has 0 bridgehead atoms. The molecule has 1 spiro atoms. The summed E-state index contributed by atoms with van der Waals surface area (Å²) in [6.45, 7) is 1.63. The summed E-state index contributed by atoms with van der Waals surface area (Å²) in [5, 5.41) is 40.1. The fraction of sp³-hybridized carbons (Fsp3) is 0.353. The number of rotatable bonds is 9. The molecule has 1 atom stereocenters. The third-order valence-electron chi connectivity index (χ3n) is 9.23. The van der Waals surface area contributed by atoms with Crippen LogP contribution in [0.5, 0.6) is 0 Å². The number of amides is 1. The minimum atomic E-state index is -4.68. The second-order valence-electron chi connectivity index (χ2n) is 12.8. The fourth-order valence-electron chi connectivity index (χ4n) is 6.64. The lowest BCUT2D eigenvalue weighted by molar-refractivity contribution is -0.138. The van der Waals surface area contributed by atoms with Gasteiger partial charge in [0.25, 0.3) is 5.91 Å². The van der Waals surface area contributed by atoms with Crippen molar-refractivity contribution in [2.45, 2.75) is 44.6 Å². The number of aliphatic hydroxyl groups excluding tert-OH is 1. The van der Waals surface area contributed by atoms with E-state index < -0.39 is 23.8 Å². The molecule has 2 aromatic heterocycles. The van der Waals surface area contributed by atoms with E-state index in [-0.39, 0.29) is 42.3 Å². The number of benzene rings is 2. The van der Waals surface area contributed by atoms with Gasteiger partial charge in [0.05, 0.1) is 42.3 Å². The van der Waals surface area contributed by atoms with Crippen molar-refractivity contribution >= 4 is 17.5 Å². The number of aryl methyl sites for hydroxylation is 1. The van der Waals surface area contributed by atoms with Crippen LogP contribution in [0.4, 0.5) is 24.8 Å². The van der Waals surface area contributed by atoms with E-state index >= 15 is 0 Å². The third-order valence-corrected chi connectivity index (χ3v) is 9.23. The normalized spacial score (nSPS) is 17.1. The predicted octanol–water partition coefficient (Wildman–Crippen LogP) is 4.88. The van der Waals surface area contributed by atoms with E-state index in [4.69, 9.17) is 5.26 Å². The van der Waals surface area contributed by atoms with Gasteiger partial charge in [-0.25, -0.2) is 4.98 Å². The highest BCUT2D eigenvalue weighted by Crippen LogP contribution is 2.53. The molecule has 2 fully saturated rings. The summed E-state index contributed by atoms with van der Waals surface area (Å²) >= 11 is 0. The van der Waals surface area contributed by atoms with Crippen LogP contribution in [0.1, 0.15) is 51.9 Å². The maximum atomic E-state index is 14.5. The van der Waals surface area contributed by atoms with Crippen LogP contribution in [-0.2, 0) is 26.3 Å². The Bertz CT molecular complexity index is 2020. The molecular formula is C34H30F3N9O2. The number of carbonyl (C=O) groups is 1. The first-order chi connectivity index (χ1) is 23.0. The highest BCUT2D eigenvalue weighted by Gasteiger charge is 2.52. The number of alkyl halides is 3. The van der Waals surface area contributed by atoms with Crippen molar-refractivity contribution < 1.29 is 23.1 Å². The minimum Gasteiger partial charge on any atom is -0.390 e. The van der Waals surface area contributed by atoms with Gasteiger partial charge in [0.2, 0.25) is 0 Å². The quantitative estimate of drug-likeness (QED) is 0.258. The maximum Gasteiger partial charge on any atom is 0.416 e. The number of anilines is 2. The van der Waals surface area contributed by atoms with Gasteiger partial charge in [-0.15, -0.1) is 10.2 Å². The Labute approximate surface area is 273 Å². The number of fused-ring (bicyclic) bond motifs is 1. The van der Waals surface area contributed by atoms with Crippen LogP contribution in [0.3, 0.4) is 0 Å². The number of aromatic nitrogens is 4. The topological polar surface area (TPSA) is 147 Å².